The Labute approximate surface area is 106 Å². The Bertz CT molecular complexity index is 285. The Morgan fingerprint density at radius 3 is 2.80 bits per heavy atom. The molecule has 1 aromatic heterocycles. The van der Waals surface area contributed by atoms with Gasteiger partial charge < -0.3 is 5.32 Å². The minimum atomic E-state index is 0.424. The first-order chi connectivity index (χ1) is 7.13. The molecule has 2 unspecified atom stereocenters. The van der Waals surface area contributed by atoms with Crippen LogP contribution in [0.5, 0.6) is 0 Å². The zero-order chi connectivity index (χ0) is 11.3. The van der Waals surface area contributed by atoms with E-state index in [1.54, 1.807) is 0 Å². The second-order valence-corrected chi connectivity index (χ2v) is 5.33. The van der Waals surface area contributed by atoms with Gasteiger partial charge in [0.25, 0.3) is 0 Å². The third-order valence-corrected chi connectivity index (χ3v) is 3.06. The molecular formula is C11H20IN3. The molecule has 0 aromatic carbocycles. The van der Waals surface area contributed by atoms with Crippen molar-refractivity contribution in [2.24, 2.45) is 0 Å². The molecule has 86 valence electrons. The van der Waals surface area contributed by atoms with Crippen LogP contribution >= 0.6 is 22.6 Å². The van der Waals surface area contributed by atoms with E-state index in [-0.39, 0.29) is 0 Å². The predicted octanol–water partition coefficient (Wildman–Crippen LogP) is 2.83. The average Bonchev–Trinajstić information content (AvgIpc) is 2.62. The molecule has 1 rings (SSSR count). The molecule has 2 atom stereocenters. The molecule has 0 fully saturated rings. The van der Waals surface area contributed by atoms with Crippen molar-refractivity contribution >= 4 is 22.6 Å². The Kier molecular flexibility index (Phi) is 5.60. The Hall–Kier alpha value is -0.100. The van der Waals surface area contributed by atoms with Crippen LogP contribution in [0.15, 0.2) is 12.4 Å². The third-order valence-electron chi connectivity index (χ3n) is 2.51. The van der Waals surface area contributed by atoms with E-state index < -0.39 is 0 Å². The minimum Gasteiger partial charge on any atom is -0.312 e. The molecule has 0 aliphatic carbocycles. The maximum absolute atomic E-state index is 4.31. The molecule has 1 N–H and O–H groups in total. The van der Waals surface area contributed by atoms with E-state index >= 15 is 0 Å². The van der Waals surface area contributed by atoms with Gasteiger partial charge in [0.2, 0.25) is 0 Å². The SMILES string of the molecule is CCCC(C)NCC(C)n1cc(I)cn1. The molecule has 1 heterocycles. The first-order valence-electron chi connectivity index (χ1n) is 5.56. The summed E-state index contributed by atoms with van der Waals surface area (Å²) in [6.45, 7) is 7.63. The van der Waals surface area contributed by atoms with Crippen LogP contribution in [0, 0.1) is 3.57 Å². The maximum atomic E-state index is 4.31. The number of hydrogen-bond donors (Lipinski definition) is 1. The molecule has 0 bridgehead atoms. The Morgan fingerprint density at radius 2 is 2.27 bits per heavy atom. The highest BCUT2D eigenvalue weighted by Crippen LogP contribution is 2.08. The van der Waals surface area contributed by atoms with Gasteiger partial charge in [0.15, 0.2) is 0 Å². The number of rotatable bonds is 6. The van der Waals surface area contributed by atoms with Gasteiger partial charge in [-0.15, -0.1) is 0 Å². The van der Waals surface area contributed by atoms with E-state index in [1.165, 1.54) is 16.4 Å². The first-order valence-corrected chi connectivity index (χ1v) is 6.64. The van der Waals surface area contributed by atoms with Crippen LogP contribution in [0.3, 0.4) is 0 Å². The van der Waals surface area contributed by atoms with Crippen LogP contribution in [-0.4, -0.2) is 22.4 Å². The smallest absolute Gasteiger partial charge is 0.0623 e. The fraction of sp³-hybridized carbons (Fsp3) is 0.727. The van der Waals surface area contributed by atoms with Crippen molar-refractivity contribution in [3.63, 3.8) is 0 Å². The lowest BCUT2D eigenvalue weighted by atomic mass is 10.2. The minimum absolute atomic E-state index is 0.424. The van der Waals surface area contributed by atoms with Crippen molar-refractivity contribution in [2.75, 3.05) is 6.54 Å². The summed E-state index contributed by atoms with van der Waals surface area (Å²) in [4.78, 5) is 0. The Morgan fingerprint density at radius 1 is 1.53 bits per heavy atom. The van der Waals surface area contributed by atoms with Crippen LogP contribution in [0.2, 0.25) is 0 Å². The summed E-state index contributed by atoms with van der Waals surface area (Å²) in [5, 5.41) is 7.84. The summed E-state index contributed by atoms with van der Waals surface area (Å²) >= 11 is 2.29. The van der Waals surface area contributed by atoms with Crippen LogP contribution in [0.4, 0.5) is 0 Å². The Balaban J connectivity index is 2.33. The number of nitrogens with zero attached hydrogens (tertiary/aromatic N) is 2. The molecule has 0 spiro atoms. The van der Waals surface area contributed by atoms with E-state index in [2.05, 4.69) is 60.0 Å². The monoisotopic (exact) mass is 321 g/mol. The van der Waals surface area contributed by atoms with Crippen LogP contribution in [0.1, 0.15) is 39.7 Å². The summed E-state index contributed by atoms with van der Waals surface area (Å²) < 4.78 is 3.22. The highest BCUT2D eigenvalue weighted by atomic mass is 127. The molecule has 0 saturated heterocycles. The van der Waals surface area contributed by atoms with Gasteiger partial charge in [-0.05, 0) is 42.9 Å². The van der Waals surface area contributed by atoms with E-state index in [9.17, 15) is 0 Å². The lowest BCUT2D eigenvalue weighted by molar-refractivity contribution is 0.412. The largest absolute Gasteiger partial charge is 0.312 e. The summed E-state index contributed by atoms with van der Waals surface area (Å²) in [6.07, 6.45) is 6.45. The predicted molar refractivity (Wildman–Crippen MR) is 72.0 cm³/mol. The van der Waals surface area contributed by atoms with Crippen molar-refractivity contribution in [3.8, 4) is 0 Å². The molecule has 1 aromatic rings. The highest BCUT2D eigenvalue weighted by molar-refractivity contribution is 14.1. The van der Waals surface area contributed by atoms with E-state index in [0.29, 0.717) is 12.1 Å². The van der Waals surface area contributed by atoms with Gasteiger partial charge in [0.1, 0.15) is 0 Å². The average molecular weight is 321 g/mol. The van der Waals surface area contributed by atoms with Gasteiger partial charge in [-0.2, -0.15) is 5.10 Å². The van der Waals surface area contributed by atoms with E-state index in [0.717, 1.165) is 6.54 Å². The van der Waals surface area contributed by atoms with Crippen molar-refractivity contribution in [2.45, 2.75) is 45.7 Å². The van der Waals surface area contributed by atoms with Crippen LogP contribution in [0.25, 0.3) is 0 Å². The van der Waals surface area contributed by atoms with Crippen molar-refractivity contribution in [1.82, 2.24) is 15.1 Å². The molecule has 0 aliphatic heterocycles. The van der Waals surface area contributed by atoms with Crippen molar-refractivity contribution in [3.05, 3.63) is 16.0 Å². The van der Waals surface area contributed by atoms with E-state index in [4.69, 9.17) is 0 Å². The summed E-state index contributed by atoms with van der Waals surface area (Å²) in [5.41, 5.74) is 0. The summed E-state index contributed by atoms with van der Waals surface area (Å²) in [5.74, 6) is 0. The van der Waals surface area contributed by atoms with Crippen LogP contribution < -0.4 is 5.32 Å². The normalized spacial score (nSPS) is 15.2. The first kappa shape index (κ1) is 13.0. The third kappa shape index (κ3) is 4.51. The summed E-state index contributed by atoms with van der Waals surface area (Å²) in [7, 11) is 0. The van der Waals surface area contributed by atoms with Crippen molar-refractivity contribution < 1.29 is 0 Å². The van der Waals surface area contributed by atoms with Gasteiger partial charge in [-0.25, -0.2) is 0 Å². The molecule has 3 nitrogen and oxygen atoms in total. The fourth-order valence-corrected chi connectivity index (χ4v) is 1.97. The quantitative estimate of drug-likeness (QED) is 0.817. The standard InChI is InChI=1S/C11H20IN3/c1-4-5-9(2)13-6-10(3)15-8-11(12)7-14-15/h7-10,13H,4-6H2,1-3H3. The van der Waals surface area contributed by atoms with Gasteiger partial charge in [-0.3, -0.25) is 4.68 Å². The molecule has 0 radical (unpaired) electrons. The zero-order valence-electron chi connectivity index (χ0n) is 9.70. The lowest BCUT2D eigenvalue weighted by Gasteiger charge is -2.17. The van der Waals surface area contributed by atoms with Crippen molar-refractivity contribution in [1.29, 1.82) is 0 Å². The second kappa shape index (κ2) is 6.48. The van der Waals surface area contributed by atoms with Gasteiger partial charge in [0, 0.05) is 18.8 Å². The fourth-order valence-electron chi connectivity index (χ4n) is 1.56. The van der Waals surface area contributed by atoms with Gasteiger partial charge >= 0.3 is 0 Å². The molecule has 4 heteroatoms. The molecule has 0 saturated carbocycles. The lowest BCUT2D eigenvalue weighted by Crippen LogP contribution is -2.31. The van der Waals surface area contributed by atoms with E-state index in [1.807, 2.05) is 10.9 Å². The molecular weight excluding hydrogens is 301 g/mol. The summed E-state index contributed by atoms with van der Waals surface area (Å²) in [6, 6.07) is 1.03. The molecule has 15 heavy (non-hydrogen) atoms. The maximum Gasteiger partial charge on any atom is 0.0623 e. The number of halogens is 1. The van der Waals surface area contributed by atoms with Crippen LogP contribution in [-0.2, 0) is 0 Å². The highest BCUT2D eigenvalue weighted by Gasteiger charge is 2.07. The van der Waals surface area contributed by atoms with Gasteiger partial charge in [-0.1, -0.05) is 13.3 Å². The second-order valence-electron chi connectivity index (χ2n) is 4.09. The topological polar surface area (TPSA) is 29.9 Å². The molecule has 0 aliphatic rings. The number of nitrogens with one attached hydrogen (secondary N) is 1. The molecule has 0 amide bonds. The number of aromatic nitrogens is 2. The zero-order valence-corrected chi connectivity index (χ0v) is 11.9. The number of hydrogen-bond acceptors (Lipinski definition) is 2. The van der Waals surface area contributed by atoms with Gasteiger partial charge in [0.05, 0.1) is 15.8 Å².